The fourth-order valence-electron chi connectivity index (χ4n) is 1.99. The van der Waals surface area contributed by atoms with Crippen LogP contribution < -0.4 is 5.32 Å². The van der Waals surface area contributed by atoms with Crippen molar-refractivity contribution in [3.63, 3.8) is 0 Å². The number of halogens is 1. The maximum Gasteiger partial charge on any atom is 0.330 e. The average molecular weight is 314 g/mol. The van der Waals surface area contributed by atoms with Crippen LogP contribution in [0.4, 0.5) is 10.1 Å². The van der Waals surface area contributed by atoms with Crippen LogP contribution in [0.1, 0.15) is 16.8 Å². The third-order valence-electron chi connectivity index (χ3n) is 3.14. The maximum absolute atomic E-state index is 13.3. The molecule has 1 aromatic carbocycles. The molecule has 0 aromatic heterocycles. The zero-order valence-electron chi connectivity index (χ0n) is 10.7. The molecular formula is C12H11FN2O5S. The molecule has 112 valence electrons. The molecule has 2 rings (SSSR count). The number of carboxylic acid groups (broad SMARTS) is 1. The predicted octanol–water partition coefficient (Wildman–Crippen LogP) is 1.42. The summed E-state index contributed by atoms with van der Waals surface area (Å²) in [5.41, 5.74) is -2.26. The fourth-order valence-corrected chi connectivity index (χ4v) is 3.31. The number of amides is 1. The number of nitrogens with one attached hydrogen (secondary N) is 1. The first-order valence-electron chi connectivity index (χ1n) is 5.93. The van der Waals surface area contributed by atoms with E-state index in [9.17, 15) is 29.2 Å². The molecule has 7 nitrogen and oxygen atoms in total. The van der Waals surface area contributed by atoms with Crippen molar-refractivity contribution in [2.24, 2.45) is 0 Å². The number of benzene rings is 1. The number of nitrogens with zero attached hydrogens (tertiary/aromatic N) is 1. The molecule has 1 unspecified atom stereocenters. The van der Waals surface area contributed by atoms with Gasteiger partial charge in [0, 0.05) is 17.4 Å². The van der Waals surface area contributed by atoms with Gasteiger partial charge in [0.25, 0.3) is 11.6 Å². The van der Waals surface area contributed by atoms with E-state index in [0.29, 0.717) is 11.8 Å². The summed E-state index contributed by atoms with van der Waals surface area (Å²) in [4.78, 5) is 33.2. The Kier molecular flexibility index (Phi) is 4.12. The third-order valence-corrected chi connectivity index (χ3v) is 4.33. The van der Waals surface area contributed by atoms with Crippen LogP contribution >= 0.6 is 11.8 Å². The summed E-state index contributed by atoms with van der Waals surface area (Å²) in [6.45, 7) is 0. The Bertz CT molecular complexity index is 616. The summed E-state index contributed by atoms with van der Waals surface area (Å²) >= 11 is 1.38. The van der Waals surface area contributed by atoms with Crippen LogP contribution in [0.2, 0.25) is 0 Å². The highest BCUT2D eigenvalue weighted by Gasteiger charge is 2.43. The number of nitro groups is 1. The molecule has 1 aliphatic heterocycles. The number of nitro benzene ring substituents is 1. The van der Waals surface area contributed by atoms with Gasteiger partial charge in [-0.05, 0) is 18.2 Å². The highest BCUT2D eigenvalue weighted by molar-refractivity contribution is 7.99. The summed E-state index contributed by atoms with van der Waals surface area (Å²) in [6, 6.07) is 2.44. The van der Waals surface area contributed by atoms with Gasteiger partial charge in [-0.1, -0.05) is 0 Å². The van der Waals surface area contributed by atoms with Crippen LogP contribution in [0.5, 0.6) is 0 Å². The summed E-state index contributed by atoms with van der Waals surface area (Å²) in [6.07, 6.45) is 0.246. The van der Waals surface area contributed by atoms with Crippen LogP contribution in [0.15, 0.2) is 18.2 Å². The van der Waals surface area contributed by atoms with Crippen LogP contribution in [-0.2, 0) is 4.79 Å². The quantitative estimate of drug-likeness (QED) is 0.642. The number of carbonyl (C=O) groups excluding carboxylic acids is 1. The van der Waals surface area contributed by atoms with E-state index >= 15 is 0 Å². The van der Waals surface area contributed by atoms with Gasteiger partial charge in [0.15, 0.2) is 0 Å². The van der Waals surface area contributed by atoms with E-state index in [-0.39, 0.29) is 17.7 Å². The largest absolute Gasteiger partial charge is 0.479 e. The lowest BCUT2D eigenvalue weighted by Gasteiger charge is -2.24. The number of hydrogen-bond donors (Lipinski definition) is 2. The molecule has 0 bridgehead atoms. The Labute approximate surface area is 122 Å². The Morgan fingerprint density at radius 2 is 2.14 bits per heavy atom. The lowest BCUT2D eigenvalue weighted by molar-refractivity contribution is -0.385. The van der Waals surface area contributed by atoms with Gasteiger partial charge in [0.1, 0.15) is 11.4 Å². The van der Waals surface area contributed by atoms with E-state index in [1.807, 2.05) is 0 Å². The molecule has 1 saturated heterocycles. The van der Waals surface area contributed by atoms with Gasteiger partial charge in [0.2, 0.25) is 0 Å². The normalized spacial score (nSPS) is 21.0. The SMILES string of the molecule is O=C(NC1(C(=O)O)CCSC1)c1cc(F)cc([N+](=O)[O-])c1. The summed E-state index contributed by atoms with van der Waals surface area (Å²) in [7, 11) is 0. The molecule has 21 heavy (non-hydrogen) atoms. The van der Waals surface area contributed by atoms with E-state index < -0.39 is 33.8 Å². The monoisotopic (exact) mass is 314 g/mol. The highest BCUT2D eigenvalue weighted by atomic mass is 32.2. The standard InChI is InChI=1S/C12H11FN2O5S/c13-8-3-7(4-9(5-8)15(19)20)10(16)14-12(11(17)18)1-2-21-6-12/h3-5H,1-2,6H2,(H,14,16)(H,17,18). The lowest BCUT2D eigenvalue weighted by Crippen LogP contribution is -2.54. The van der Waals surface area contributed by atoms with Crippen molar-refractivity contribution in [2.45, 2.75) is 12.0 Å². The molecular weight excluding hydrogens is 303 g/mol. The maximum atomic E-state index is 13.3. The second kappa shape index (κ2) is 5.68. The highest BCUT2D eigenvalue weighted by Crippen LogP contribution is 2.29. The first-order valence-corrected chi connectivity index (χ1v) is 7.08. The number of thioether (sulfide) groups is 1. The van der Waals surface area contributed by atoms with Crippen LogP contribution in [0.25, 0.3) is 0 Å². The minimum atomic E-state index is -1.41. The second-order valence-electron chi connectivity index (χ2n) is 4.60. The number of aliphatic carboxylic acids is 1. The molecule has 1 aliphatic rings. The summed E-state index contributed by atoms with van der Waals surface area (Å²) in [5, 5.41) is 22.3. The van der Waals surface area contributed by atoms with E-state index in [1.165, 1.54) is 11.8 Å². The minimum Gasteiger partial charge on any atom is -0.479 e. The minimum absolute atomic E-state index is 0.200. The van der Waals surface area contributed by atoms with Crippen molar-refractivity contribution < 1.29 is 24.0 Å². The Balaban J connectivity index is 2.28. The number of non-ortho nitro benzene ring substituents is 1. The molecule has 1 atom stereocenters. The first kappa shape index (κ1) is 15.2. The molecule has 1 heterocycles. The predicted molar refractivity (Wildman–Crippen MR) is 72.8 cm³/mol. The number of hydrogen-bond acceptors (Lipinski definition) is 5. The van der Waals surface area contributed by atoms with Gasteiger partial charge in [-0.2, -0.15) is 11.8 Å². The van der Waals surface area contributed by atoms with Crippen molar-refractivity contribution in [3.8, 4) is 0 Å². The van der Waals surface area contributed by atoms with Crippen LogP contribution in [-0.4, -0.2) is 39.0 Å². The van der Waals surface area contributed by atoms with Crippen molar-refractivity contribution in [1.82, 2.24) is 5.32 Å². The molecule has 1 amide bonds. The first-order chi connectivity index (χ1) is 9.84. The molecule has 1 aromatic rings. The molecule has 0 aliphatic carbocycles. The van der Waals surface area contributed by atoms with Gasteiger partial charge in [-0.15, -0.1) is 0 Å². The van der Waals surface area contributed by atoms with E-state index in [4.69, 9.17) is 0 Å². The van der Waals surface area contributed by atoms with Crippen molar-refractivity contribution in [1.29, 1.82) is 0 Å². The molecule has 9 heteroatoms. The van der Waals surface area contributed by atoms with E-state index in [1.54, 1.807) is 0 Å². The van der Waals surface area contributed by atoms with Gasteiger partial charge < -0.3 is 10.4 Å². The third kappa shape index (κ3) is 3.13. The smallest absolute Gasteiger partial charge is 0.330 e. The van der Waals surface area contributed by atoms with Crippen molar-refractivity contribution in [3.05, 3.63) is 39.7 Å². The topological polar surface area (TPSA) is 110 Å². The molecule has 1 fully saturated rings. The Morgan fingerprint density at radius 3 is 2.67 bits per heavy atom. The summed E-state index contributed by atoms with van der Waals surface area (Å²) in [5.74, 6) is -2.17. The van der Waals surface area contributed by atoms with Gasteiger partial charge in [-0.3, -0.25) is 14.9 Å². The van der Waals surface area contributed by atoms with Gasteiger partial charge in [0.05, 0.1) is 11.0 Å². The van der Waals surface area contributed by atoms with E-state index in [2.05, 4.69) is 5.32 Å². The molecule has 0 saturated carbocycles. The number of rotatable bonds is 4. The molecule has 0 spiro atoms. The Hall–Kier alpha value is -2.16. The lowest BCUT2D eigenvalue weighted by atomic mass is 9.98. The average Bonchev–Trinajstić information content (AvgIpc) is 2.87. The van der Waals surface area contributed by atoms with Crippen LogP contribution in [0.3, 0.4) is 0 Å². The summed E-state index contributed by atoms with van der Waals surface area (Å²) < 4.78 is 13.3. The van der Waals surface area contributed by atoms with Crippen molar-refractivity contribution >= 4 is 29.3 Å². The number of carboxylic acids is 1. The zero-order valence-corrected chi connectivity index (χ0v) is 11.5. The fraction of sp³-hybridized carbons (Fsp3) is 0.333. The van der Waals surface area contributed by atoms with Gasteiger partial charge >= 0.3 is 5.97 Å². The van der Waals surface area contributed by atoms with Gasteiger partial charge in [-0.25, -0.2) is 9.18 Å². The number of carbonyl (C=O) groups is 2. The molecule has 2 N–H and O–H groups in total. The Morgan fingerprint density at radius 1 is 1.43 bits per heavy atom. The molecule has 0 radical (unpaired) electrons. The second-order valence-corrected chi connectivity index (χ2v) is 5.70. The van der Waals surface area contributed by atoms with Crippen LogP contribution in [0, 0.1) is 15.9 Å². The zero-order chi connectivity index (χ0) is 15.6. The van der Waals surface area contributed by atoms with Crippen molar-refractivity contribution in [2.75, 3.05) is 11.5 Å². The van der Waals surface area contributed by atoms with E-state index in [0.717, 1.165) is 12.1 Å².